The Kier molecular flexibility index (Phi) is 3.61. The van der Waals surface area contributed by atoms with Crippen molar-refractivity contribution in [3.63, 3.8) is 0 Å². The van der Waals surface area contributed by atoms with Crippen LogP contribution in [0.5, 0.6) is 0 Å². The third-order valence-electron chi connectivity index (χ3n) is 2.58. The number of carbonyl (C=O) groups excluding carboxylic acids is 2. The molecule has 0 radical (unpaired) electrons. The maximum absolute atomic E-state index is 11.9. The van der Waals surface area contributed by atoms with Crippen LogP contribution in [-0.2, 0) is 0 Å². The lowest BCUT2D eigenvalue weighted by atomic mass is 9.93. The molecule has 0 fully saturated rings. The van der Waals surface area contributed by atoms with Gasteiger partial charge in [0, 0.05) is 22.7 Å². The summed E-state index contributed by atoms with van der Waals surface area (Å²) in [6.07, 6.45) is 1.40. The van der Waals surface area contributed by atoms with Crippen molar-refractivity contribution in [2.24, 2.45) is 5.92 Å². The summed E-state index contributed by atoms with van der Waals surface area (Å²) in [5, 5.41) is 0. The van der Waals surface area contributed by atoms with Crippen LogP contribution < -0.4 is 5.73 Å². The molecule has 0 saturated carbocycles. The minimum Gasteiger partial charge on any atom is -0.398 e. The van der Waals surface area contributed by atoms with Crippen molar-refractivity contribution in [1.29, 1.82) is 0 Å². The Bertz CT molecular complexity index is 385. The number of anilines is 1. The number of carbonyl (C=O) groups is 2. The maximum atomic E-state index is 11.9. The Morgan fingerprint density at radius 2 is 2.20 bits per heavy atom. The van der Waals surface area contributed by atoms with Crippen molar-refractivity contribution in [1.82, 2.24) is 0 Å². The third-order valence-corrected chi connectivity index (χ3v) is 2.58. The fourth-order valence-corrected chi connectivity index (χ4v) is 1.38. The van der Waals surface area contributed by atoms with Crippen molar-refractivity contribution < 1.29 is 9.59 Å². The molecule has 0 heterocycles. The lowest BCUT2D eigenvalue weighted by Crippen LogP contribution is -2.13. The number of Topliss-reactive ketones (excluding diaryl/α,β-unsaturated/α-hetero) is 1. The molecule has 0 aromatic heterocycles. The quantitative estimate of drug-likeness (QED) is 0.466. The van der Waals surface area contributed by atoms with E-state index in [0.29, 0.717) is 23.1 Å². The second-order valence-electron chi connectivity index (χ2n) is 3.60. The fourth-order valence-electron chi connectivity index (χ4n) is 1.38. The first kappa shape index (κ1) is 11.4. The van der Waals surface area contributed by atoms with Crippen LogP contribution in [0.2, 0.25) is 0 Å². The van der Waals surface area contributed by atoms with Crippen molar-refractivity contribution in [3.05, 3.63) is 29.3 Å². The van der Waals surface area contributed by atoms with E-state index in [2.05, 4.69) is 0 Å². The molecule has 0 aliphatic heterocycles. The van der Waals surface area contributed by atoms with Gasteiger partial charge in [-0.15, -0.1) is 0 Å². The van der Waals surface area contributed by atoms with Gasteiger partial charge in [0.05, 0.1) is 0 Å². The van der Waals surface area contributed by atoms with E-state index >= 15 is 0 Å². The molecule has 3 heteroatoms. The highest BCUT2D eigenvalue weighted by molar-refractivity contribution is 6.06. The molecule has 0 saturated heterocycles. The smallest absolute Gasteiger partial charge is 0.166 e. The summed E-state index contributed by atoms with van der Waals surface area (Å²) in [7, 11) is 0. The van der Waals surface area contributed by atoms with E-state index in [9.17, 15) is 9.59 Å². The monoisotopic (exact) mass is 205 g/mol. The zero-order valence-corrected chi connectivity index (χ0v) is 8.99. The van der Waals surface area contributed by atoms with Crippen molar-refractivity contribution >= 4 is 17.8 Å². The molecule has 1 aromatic rings. The van der Waals surface area contributed by atoms with Crippen LogP contribution in [0, 0.1) is 5.92 Å². The van der Waals surface area contributed by atoms with Gasteiger partial charge in [-0.1, -0.05) is 26.0 Å². The maximum Gasteiger partial charge on any atom is 0.166 e. The number of hydrogen-bond acceptors (Lipinski definition) is 3. The van der Waals surface area contributed by atoms with Gasteiger partial charge in [0.25, 0.3) is 0 Å². The molecule has 1 unspecified atom stereocenters. The minimum absolute atomic E-state index is 0.0214. The van der Waals surface area contributed by atoms with Gasteiger partial charge in [-0.05, 0) is 12.5 Å². The number of hydrogen-bond donors (Lipinski definition) is 1. The molecule has 0 aliphatic rings. The first-order chi connectivity index (χ1) is 7.11. The first-order valence-corrected chi connectivity index (χ1v) is 4.99. The van der Waals surface area contributed by atoms with Crippen LogP contribution in [0.1, 0.15) is 41.0 Å². The highest BCUT2D eigenvalue weighted by atomic mass is 16.1. The zero-order valence-electron chi connectivity index (χ0n) is 8.99. The molecular formula is C12H15NO2. The summed E-state index contributed by atoms with van der Waals surface area (Å²) in [6.45, 7) is 3.79. The van der Waals surface area contributed by atoms with E-state index in [1.54, 1.807) is 18.2 Å². The summed E-state index contributed by atoms with van der Waals surface area (Å²) in [4.78, 5) is 22.7. The van der Waals surface area contributed by atoms with E-state index in [0.717, 1.165) is 6.42 Å². The number of benzene rings is 1. The van der Waals surface area contributed by atoms with Gasteiger partial charge in [-0.2, -0.15) is 0 Å². The number of ketones is 1. The largest absolute Gasteiger partial charge is 0.398 e. The van der Waals surface area contributed by atoms with Gasteiger partial charge in [-0.25, -0.2) is 0 Å². The van der Waals surface area contributed by atoms with Crippen molar-refractivity contribution in [2.45, 2.75) is 20.3 Å². The van der Waals surface area contributed by atoms with Crippen molar-refractivity contribution in [2.75, 3.05) is 5.73 Å². The van der Waals surface area contributed by atoms with Gasteiger partial charge < -0.3 is 5.73 Å². The summed E-state index contributed by atoms with van der Waals surface area (Å²) >= 11 is 0. The Balaban J connectivity index is 3.19. The van der Waals surface area contributed by atoms with E-state index in [1.807, 2.05) is 13.8 Å². The van der Waals surface area contributed by atoms with E-state index in [4.69, 9.17) is 5.73 Å². The van der Waals surface area contributed by atoms with Gasteiger partial charge >= 0.3 is 0 Å². The number of nitrogens with two attached hydrogens (primary N) is 1. The predicted octanol–water partition coefficient (Wildman–Crippen LogP) is 2.31. The second-order valence-corrected chi connectivity index (χ2v) is 3.60. The van der Waals surface area contributed by atoms with Crippen LogP contribution in [0.15, 0.2) is 18.2 Å². The molecule has 0 aliphatic carbocycles. The number of aldehydes is 1. The standard InChI is InChI=1S/C12H15NO2/c1-3-8(2)12(15)9-5-4-6-11(13)10(9)7-14/h4-8H,3,13H2,1-2H3. The summed E-state index contributed by atoms with van der Waals surface area (Å²) in [5.74, 6) is -0.0996. The lowest BCUT2D eigenvalue weighted by Gasteiger charge is -2.10. The normalized spacial score (nSPS) is 12.1. The Morgan fingerprint density at radius 1 is 1.53 bits per heavy atom. The van der Waals surface area contributed by atoms with Gasteiger partial charge in [0.1, 0.15) is 0 Å². The van der Waals surface area contributed by atoms with Crippen LogP contribution >= 0.6 is 0 Å². The molecule has 0 spiro atoms. The molecule has 80 valence electrons. The molecule has 1 rings (SSSR count). The molecule has 3 nitrogen and oxygen atoms in total. The summed E-state index contributed by atoms with van der Waals surface area (Å²) in [6, 6.07) is 4.96. The van der Waals surface area contributed by atoms with Gasteiger partial charge in [-0.3, -0.25) is 9.59 Å². The topological polar surface area (TPSA) is 60.2 Å². The average Bonchev–Trinajstić information content (AvgIpc) is 2.26. The molecule has 15 heavy (non-hydrogen) atoms. The minimum atomic E-state index is -0.0782. The summed E-state index contributed by atoms with van der Waals surface area (Å²) in [5.41, 5.74) is 6.73. The fraction of sp³-hybridized carbons (Fsp3) is 0.333. The summed E-state index contributed by atoms with van der Waals surface area (Å²) < 4.78 is 0. The Hall–Kier alpha value is -1.64. The molecule has 2 N–H and O–H groups in total. The van der Waals surface area contributed by atoms with Crippen molar-refractivity contribution in [3.8, 4) is 0 Å². The Morgan fingerprint density at radius 3 is 2.73 bits per heavy atom. The third kappa shape index (κ3) is 2.24. The molecule has 0 amide bonds. The SMILES string of the molecule is CCC(C)C(=O)c1cccc(N)c1C=O. The molecule has 1 aromatic carbocycles. The average molecular weight is 205 g/mol. The highest BCUT2D eigenvalue weighted by Crippen LogP contribution is 2.19. The van der Waals surface area contributed by atoms with Crippen LogP contribution in [0.3, 0.4) is 0 Å². The first-order valence-electron chi connectivity index (χ1n) is 4.99. The van der Waals surface area contributed by atoms with Crippen LogP contribution in [0.25, 0.3) is 0 Å². The molecule has 0 bridgehead atoms. The van der Waals surface area contributed by atoms with Gasteiger partial charge in [0.15, 0.2) is 12.1 Å². The van der Waals surface area contributed by atoms with Crippen LogP contribution in [-0.4, -0.2) is 12.1 Å². The molecule has 1 atom stereocenters. The number of rotatable bonds is 4. The Labute approximate surface area is 89.3 Å². The van der Waals surface area contributed by atoms with E-state index in [1.165, 1.54) is 0 Å². The number of nitrogen functional groups attached to an aromatic ring is 1. The van der Waals surface area contributed by atoms with E-state index < -0.39 is 0 Å². The predicted molar refractivity (Wildman–Crippen MR) is 60.0 cm³/mol. The van der Waals surface area contributed by atoms with E-state index in [-0.39, 0.29) is 11.7 Å². The van der Waals surface area contributed by atoms with Crippen LogP contribution in [0.4, 0.5) is 5.69 Å². The van der Waals surface area contributed by atoms with Gasteiger partial charge in [0.2, 0.25) is 0 Å². The molecular weight excluding hydrogens is 190 g/mol. The zero-order chi connectivity index (χ0) is 11.4. The lowest BCUT2D eigenvalue weighted by molar-refractivity contribution is 0.0922. The highest BCUT2D eigenvalue weighted by Gasteiger charge is 2.17. The second kappa shape index (κ2) is 4.73.